The molecule has 2 bridgehead atoms. The lowest BCUT2D eigenvalue weighted by molar-refractivity contribution is -0.114. The van der Waals surface area contributed by atoms with Gasteiger partial charge in [0.25, 0.3) is 0 Å². The maximum atomic E-state index is 5.31. The Morgan fingerprint density at radius 1 is 1.31 bits per heavy atom. The van der Waals surface area contributed by atoms with Gasteiger partial charge in [-0.15, -0.1) is 0 Å². The molecule has 2 aliphatic carbocycles. The highest BCUT2D eigenvalue weighted by atomic mass is 16.5. The third-order valence-corrected chi connectivity index (χ3v) is 4.07. The summed E-state index contributed by atoms with van der Waals surface area (Å²) < 4.78 is 5.31. The Balaban J connectivity index is 1.65. The third kappa shape index (κ3) is 1.25. The summed E-state index contributed by atoms with van der Waals surface area (Å²) in [4.78, 5) is 0. The number of ether oxygens (including phenoxy) is 1. The molecule has 0 aromatic carbocycles. The zero-order valence-corrected chi connectivity index (χ0v) is 8.33. The maximum absolute atomic E-state index is 5.31. The van der Waals surface area contributed by atoms with E-state index < -0.39 is 0 Å². The number of allylic oxidation sites excluding steroid dienone is 2. The first-order valence-electron chi connectivity index (χ1n) is 5.51. The quantitative estimate of drug-likeness (QED) is 0.591. The zero-order valence-electron chi connectivity index (χ0n) is 8.33. The number of hydrogen-bond donors (Lipinski definition) is 0. The van der Waals surface area contributed by atoms with E-state index in [9.17, 15) is 0 Å². The molecule has 1 aliphatic heterocycles. The van der Waals surface area contributed by atoms with E-state index in [0.717, 1.165) is 31.0 Å². The first kappa shape index (κ1) is 8.05. The van der Waals surface area contributed by atoms with Gasteiger partial charge in [-0.2, -0.15) is 0 Å². The molecule has 0 aromatic heterocycles. The van der Waals surface area contributed by atoms with Crippen molar-refractivity contribution in [2.24, 2.45) is 23.2 Å². The van der Waals surface area contributed by atoms with E-state index in [-0.39, 0.29) is 0 Å². The minimum Gasteiger partial charge on any atom is -0.380 e. The second kappa shape index (κ2) is 2.60. The third-order valence-electron chi connectivity index (χ3n) is 4.07. The molecule has 1 saturated carbocycles. The molecule has 0 spiro atoms. The summed E-state index contributed by atoms with van der Waals surface area (Å²) in [5, 5.41) is 0. The lowest BCUT2D eigenvalue weighted by atomic mass is 9.75. The van der Waals surface area contributed by atoms with E-state index in [1.165, 1.54) is 19.3 Å². The molecule has 1 nitrogen and oxygen atoms in total. The maximum Gasteiger partial charge on any atom is 0.0542 e. The summed E-state index contributed by atoms with van der Waals surface area (Å²) in [5.74, 6) is 2.82. The molecule has 0 N–H and O–H groups in total. The van der Waals surface area contributed by atoms with Crippen molar-refractivity contribution in [1.82, 2.24) is 0 Å². The Morgan fingerprint density at radius 3 is 2.62 bits per heavy atom. The predicted molar refractivity (Wildman–Crippen MR) is 52.4 cm³/mol. The van der Waals surface area contributed by atoms with Gasteiger partial charge in [0.2, 0.25) is 0 Å². The number of rotatable bonds is 2. The molecule has 0 aromatic rings. The second-order valence-corrected chi connectivity index (χ2v) is 5.55. The average molecular weight is 178 g/mol. The molecule has 0 radical (unpaired) electrons. The van der Waals surface area contributed by atoms with Crippen LogP contribution < -0.4 is 0 Å². The summed E-state index contributed by atoms with van der Waals surface area (Å²) >= 11 is 0. The molecule has 3 aliphatic rings. The molecule has 3 unspecified atom stereocenters. The molecule has 0 amide bonds. The van der Waals surface area contributed by atoms with E-state index in [4.69, 9.17) is 4.74 Å². The minimum atomic E-state index is 0.531. The fourth-order valence-corrected chi connectivity index (χ4v) is 3.33. The summed E-state index contributed by atoms with van der Waals surface area (Å²) in [6.07, 6.45) is 9.19. The molecular formula is C12H18O. The van der Waals surface area contributed by atoms with Crippen LogP contribution in [0.25, 0.3) is 0 Å². The SMILES string of the molecule is CC1(CC2CC3C=CC2C3)COC1. The smallest absolute Gasteiger partial charge is 0.0542 e. The van der Waals surface area contributed by atoms with Crippen LogP contribution in [-0.4, -0.2) is 13.2 Å². The normalized spacial score (nSPS) is 45.2. The Morgan fingerprint density at radius 2 is 2.15 bits per heavy atom. The molecule has 13 heavy (non-hydrogen) atoms. The first-order chi connectivity index (χ1) is 6.25. The van der Waals surface area contributed by atoms with Crippen molar-refractivity contribution in [1.29, 1.82) is 0 Å². The highest BCUT2D eigenvalue weighted by Crippen LogP contribution is 2.49. The zero-order chi connectivity index (χ0) is 8.89. The Labute approximate surface area is 80.2 Å². The average Bonchev–Trinajstić information content (AvgIpc) is 2.62. The molecule has 2 fully saturated rings. The van der Waals surface area contributed by atoms with Crippen molar-refractivity contribution < 1.29 is 4.74 Å². The van der Waals surface area contributed by atoms with Crippen molar-refractivity contribution in [3.8, 4) is 0 Å². The summed E-state index contributed by atoms with van der Waals surface area (Å²) in [5.41, 5.74) is 0.531. The summed E-state index contributed by atoms with van der Waals surface area (Å²) in [7, 11) is 0. The molecular weight excluding hydrogens is 160 g/mol. The van der Waals surface area contributed by atoms with Crippen molar-refractivity contribution in [3.63, 3.8) is 0 Å². The van der Waals surface area contributed by atoms with Gasteiger partial charge in [0, 0.05) is 5.41 Å². The van der Waals surface area contributed by atoms with E-state index in [2.05, 4.69) is 19.1 Å². The van der Waals surface area contributed by atoms with E-state index >= 15 is 0 Å². The predicted octanol–water partition coefficient (Wildman–Crippen LogP) is 2.63. The van der Waals surface area contributed by atoms with Crippen LogP contribution in [0.4, 0.5) is 0 Å². The highest BCUT2D eigenvalue weighted by molar-refractivity contribution is 5.10. The van der Waals surface area contributed by atoms with Crippen molar-refractivity contribution >= 4 is 0 Å². The van der Waals surface area contributed by atoms with Crippen LogP contribution in [0.3, 0.4) is 0 Å². The van der Waals surface area contributed by atoms with Crippen LogP contribution in [0.2, 0.25) is 0 Å². The molecule has 3 atom stereocenters. The van der Waals surface area contributed by atoms with Gasteiger partial charge in [0.1, 0.15) is 0 Å². The number of hydrogen-bond acceptors (Lipinski definition) is 1. The Kier molecular flexibility index (Phi) is 1.61. The van der Waals surface area contributed by atoms with Gasteiger partial charge in [-0.1, -0.05) is 19.1 Å². The van der Waals surface area contributed by atoms with Gasteiger partial charge >= 0.3 is 0 Å². The summed E-state index contributed by atoms with van der Waals surface area (Å²) in [6, 6.07) is 0. The Hall–Kier alpha value is -0.300. The molecule has 72 valence electrons. The van der Waals surface area contributed by atoms with Gasteiger partial charge in [-0.25, -0.2) is 0 Å². The lowest BCUT2D eigenvalue weighted by Crippen LogP contribution is -2.41. The largest absolute Gasteiger partial charge is 0.380 e. The number of fused-ring (bicyclic) bond motifs is 2. The lowest BCUT2D eigenvalue weighted by Gasteiger charge is -2.41. The second-order valence-electron chi connectivity index (χ2n) is 5.55. The van der Waals surface area contributed by atoms with E-state index in [0.29, 0.717) is 5.41 Å². The van der Waals surface area contributed by atoms with Crippen LogP contribution in [0.5, 0.6) is 0 Å². The van der Waals surface area contributed by atoms with Crippen LogP contribution in [0.15, 0.2) is 12.2 Å². The van der Waals surface area contributed by atoms with Crippen molar-refractivity contribution in [2.45, 2.75) is 26.2 Å². The molecule has 1 heteroatoms. The standard InChI is InChI=1S/C12H18O/c1-12(7-13-8-12)6-11-5-9-2-3-10(11)4-9/h2-3,9-11H,4-8H2,1H3. The highest BCUT2D eigenvalue weighted by Gasteiger charge is 2.42. The summed E-state index contributed by atoms with van der Waals surface area (Å²) in [6.45, 7) is 4.39. The van der Waals surface area contributed by atoms with Crippen molar-refractivity contribution in [3.05, 3.63) is 12.2 Å². The van der Waals surface area contributed by atoms with Crippen molar-refractivity contribution in [2.75, 3.05) is 13.2 Å². The molecule has 1 heterocycles. The van der Waals surface area contributed by atoms with Crippen LogP contribution in [-0.2, 0) is 4.74 Å². The van der Waals surface area contributed by atoms with Gasteiger partial charge in [-0.3, -0.25) is 0 Å². The van der Waals surface area contributed by atoms with Gasteiger partial charge < -0.3 is 4.74 Å². The van der Waals surface area contributed by atoms with Gasteiger partial charge in [0.05, 0.1) is 13.2 Å². The monoisotopic (exact) mass is 178 g/mol. The Bertz CT molecular complexity index is 240. The minimum absolute atomic E-state index is 0.531. The van der Waals surface area contributed by atoms with Crippen LogP contribution in [0, 0.1) is 23.2 Å². The van der Waals surface area contributed by atoms with Crippen LogP contribution >= 0.6 is 0 Å². The van der Waals surface area contributed by atoms with Gasteiger partial charge in [0.15, 0.2) is 0 Å². The van der Waals surface area contributed by atoms with E-state index in [1.807, 2.05) is 0 Å². The topological polar surface area (TPSA) is 9.23 Å². The fourth-order valence-electron chi connectivity index (χ4n) is 3.33. The fraction of sp³-hybridized carbons (Fsp3) is 0.833. The molecule has 1 saturated heterocycles. The first-order valence-corrected chi connectivity index (χ1v) is 5.51. The van der Waals surface area contributed by atoms with Gasteiger partial charge in [-0.05, 0) is 37.0 Å². The molecule has 3 rings (SSSR count). The van der Waals surface area contributed by atoms with Crippen LogP contribution in [0.1, 0.15) is 26.2 Å². The van der Waals surface area contributed by atoms with E-state index in [1.54, 1.807) is 0 Å².